The van der Waals surface area contributed by atoms with Gasteiger partial charge in [-0.3, -0.25) is 0 Å². The molecule has 0 amide bonds. The Hall–Kier alpha value is -2.17. The van der Waals surface area contributed by atoms with Gasteiger partial charge in [-0.2, -0.15) is 0 Å². The molecule has 118 valence electrons. The summed E-state index contributed by atoms with van der Waals surface area (Å²) >= 11 is 0. The van der Waals surface area contributed by atoms with E-state index in [1.807, 2.05) is 48.5 Å². The van der Waals surface area contributed by atoms with E-state index in [-0.39, 0.29) is 6.10 Å². The topological polar surface area (TPSA) is 47.3 Å². The van der Waals surface area contributed by atoms with E-state index in [2.05, 4.69) is 10.6 Å². The van der Waals surface area contributed by atoms with Crippen LogP contribution in [0.5, 0.6) is 0 Å². The van der Waals surface area contributed by atoms with Gasteiger partial charge < -0.3 is 14.4 Å². The molecule has 0 bridgehead atoms. The number of hydrogen-bond acceptors (Lipinski definition) is 3. The lowest BCUT2D eigenvalue weighted by molar-refractivity contribution is 0.0968. The summed E-state index contributed by atoms with van der Waals surface area (Å²) in [7, 11) is 0. The van der Waals surface area contributed by atoms with Crippen molar-refractivity contribution in [2.24, 2.45) is 0 Å². The van der Waals surface area contributed by atoms with Crippen molar-refractivity contribution < 1.29 is 9.84 Å². The molecule has 1 aliphatic heterocycles. The molecule has 1 N–H and O–H groups in total. The molecule has 2 atom stereocenters. The molecule has 23 heavy (non-hydrogen) atoms. The van der Waals surface area contributed by atoms with Crippen LogP contribution in [0, 0.1) is 0 Å². The minimum Gasteiger partial charge on any atom is -0.387 e. The fourth-order valence-electron chi connectivity index (χ4n) is 3.27. The van der Waals surface area contributed by atoms with Gasteiger partial charge in [-0.1, -0.05) is 42.5 Å². The molecular weight excluding hydrogens is 288 g/mol. The maximum atomic E-state index is 10.6. The average molecular weight is 308 g/mol. The summed E-state index contributed by atoms with van der Waals surface area (Å²) < 4.78 is 7.95. The number of imidazole rings is 1. The molecule has 4 rings (SSSR count). The molecule has 0 unspecified atom stereocenters. The van der Waals surface area contributed by atoms with Gasteiger partial charge in [0, 0.05) is 6.61 Å². The van der Waals surface area contributed by atoms with Crippen LogP contribution in [0.4, 0.5) is 0 Å². The van der Waals surface area contributed by atoms with Crippen LogP contribution in [0.15, 0.2) is 54.6 Å². The summed E-state index contributed by atoms with van der Waals surface area (Å²) in [5.74, 6) is 0.929. The van der Waals surface area contributed by atoms with Crippen molar-refractivity contribution in [3.8, 4) is 0 Å². The lowest BCUT2D eigenvalue weighted by Gasteiger charge is -2.17. The Morgan fingerprint density at radius 2 is 1.91 bits per heavy atom. The van der Waals surface area contributed by atoms with Crippen LogP contribution in [0.1, 0.15) is 36.4 Å². The zero-order valence-electron chi connectivity index (χ0n) is 12.9. The Balaban J connectivity index is 1.73. The van der Waals surface area contributed by atoms with Crippen LogP contribution in [-0.4, -0.2) is 21.3 Å². The normalized spacial score (nSPS) is 19.3. The SMILES string of the molecule is O[C@H](Cn1c([C@@H]2CCCO2)nc2ccccc21)c1ccccc1. The largest absolute Gasteiger partial charge is 0.387 e. The van der Waals surface area contributed by atoms with Gasteiger partial charge in [0.1, 0.15) is 11.9 Å². The van der Waals surface area contributed by atoms with E-state index in [1.54, 1.807) is 0 Å². The van der Waals surface area contributed by atoms with Gasteiger partial charge >= 0.3 is 0 Å². The highest BCUT2D eigenvalue weighted by atomic mass is 16.5. The van der Waals surface area contributed by atoms with Crippen LogP contribution in [0.3, 0.4) is 0 Å². The predicted octanol–water partition coefficient (Wildman–Crippen LogP) is 3.62. The van der Waals surface area contributed by atoms with Crippen molar-refractivity contribution in [1.82, 2.24) is 9.55 Å². The third kappa shape index (κ3) is 2.76. The standard InChI is InChI=1S/C19H20N2O2/c22-17(14-7-2-1-3-8-14)13-21-16-10-5-4-9-15(16)20-19(21)18-11-6-12-23-18/h1-5,7-10,17-18,22H,6,11-13H2/t17-,18+/m1/s1. The summed E-state index contributed by atoms with van der Waals surface area (Å²) in [5.41, 5.74) is 2.93. The molecule has 2 aromatic carbocycles. The number of fused-ring (bicyclic) bond motifs is 1. The molecule has 3 aromatic rings. The summed E-state index contributed by atoms with van der Waals surface area (Å²) in [6, 6.07) is 17.8. The lowest BCUT2D eigenvalue weighted by Crippen LogP contribution is -2.14. The van der Waals surface area contributed by atoms with E-state index >= 15 is 0 Å². The Bertz CT molecular complexity index is 791. The molecular formula is C19H20N2O2. The van der Waals surface area contributed by atoms with Crippen LogP contribution in [0.25, 0.3) is 11.0 Å². The van der Waals surface area contributed by atoms with Crippen molar-refractivity contribution >= 4 is 11.0 Å². The molecule has 4 heteroatoms. The first-order valence-corrected chi connectivity index (χ1v) is 8.13. The minimum absolute atomic E-state index is 0.0328. The van der Waals surface area contributed by atoms with Crippen LogP contribution < -0.4 is 0 Å². The summed E-state index contributed by atoms with van der Waals surface area (Å²) in [6.45, 7) is 1.27. The van der Waals surface area contributed by atoms with Gasteiger partial charge in [0.15, 0.2) is 0 Å². The Morgan fingerprint density at radius 3 is 2.70 bits per heavy atom. The zero-order chi connectivity index (χ0) is 15.6. The number of aromatic nitrogens is 2. The number of aliphatic hydroxyl groups is 1. The summed E-state index contributed by atoms with van der Waals surface area (Å²) in [6.07, 6.45) is 1.53. The number of hydrogen-bond donors (Lipinski definition) is 1. The summed E-state index contributed by atoms with van der Waals surface area (Å²) in [5, 5.41) is 10.6. The lowest BCUT2D eigenvalue weighted by atomic mass is 10.1. The molecule has 0 spiro atoms. The van der Waals surface area contributed by atoms with E-state index in [1.165, 1.54) is 0 Å². The van der Waals surface area contributed by atoms with Crippen molar-refractivity contribution in [2.45, 2.75) is 31.6 Å². The maximum absolute atomic E-state index is 10.6. The first-order chi connectivity index (χ1) is 11.3. The van der Waals surface area contributed by atoms with Crippen molar-refractivity contribution in [3.05, 3.63) is 66.0 Å². The van der Waals surface area contributed by atoms with Gasteiger partial charge in [0.05, 0.1) is 23.7 Å². The monoisotopic (exact) mass is 308 g/mol. The molecule has 4 nitrogen and oxygen atoms in total. The molecule has 0 aliphatic carbocycles. The minimum atomic E-state index is -0.561. The second kappa shape index (κ2) is 6.14. The van der Waals surface area contributed by atoms with E-state index < -0.39 is 6.10 Å². The van der Waals surface area contributed by atoms with Gasteiger partial charge in [0.2, 0.25) is 0 Å². The van der Waals surface area contributed by atoms with E-state index in [4.69, 9.17) is 9.72 Å². The molecule has 2 heterocycles. The molecule has 1 saturated heterocycles. The fourth-order valence-corrected chi connectivity index (χ4v) is 3.27. The predicted molar refractivity (Wildman–Crippen MR) is 89.1 cm³/mol. The first-order valence-electron chi connectivity index (χ1n) is 8.13. The average Bonchev–Trinajstić information content (AvgIpc) is 3.24. The highest BCUT2D eigenvalue weighted by Gasteiger charge is 2.25. The van der Waals surface area contributed by atoms with Gasteiger partial charge in [-0.25, -0.2) is 4.98 Å². The maximum Gasteiger partial charge on any atom is 0.139 e. The smallest absolute Gasteiger partial charge is 0.139 e. The highest BCUT2D eigenvalue weighted by Crippen LogP contribution is 2.31. The van der Waals surface area contributed by atoms with Crippen molar-refractivity contribution in [2.75, 3.05) is 6.61 Å². The van der Waals surface area contributed by atoms with Crippen LogP contribution >= 0.6 is 0 Å². The number of para-hydroxylation sites is 2. The Morgan fingerprint density at radius 1 is 1.13 bits per heavy atom. The molecule has 0 radical (unpaired) electrons. The Kier molecular flexibility index (Phi) is 3.85. The summed E-state index contributed by atoms with van der Waals surface area (Å²) in [4.78, 5) is 4.77. The first kappa shape index (κ1) is 14.4. The van der Waals surface area contributed by atoms with E-state index in [9.17, 15) is 5.11 Å². The Labute approximate surface area is 135 Å². The molecule has 1 aliphatic rings. The van der Waals surface area contributed by atoms with Gasteiger partial charge in [0.25, 0.3) is 0 Å². The van der Waals surface area contributed by atoms with Crippen LogP contribution in [-0.2, 0) is 11.3 Å². The second-order valence-corrected chi connectivity index (χ2v) is 6.00. The second-order valence-electron chi connectivity index (χ2n) is 6.00. The van der Waals surface area contributed by atoms with Crippen LogP contribution in [0.2, 0.25) is 0 Å². The molecule has 1 fully saturated rings. The molecule has 1 aromatic heterocycles. The van der Waals surface area contributed by atoms with Gasteiger partial charge in [-0.05, 0) is 30.5 Å². The van der Waals surface area contributed by atoms with E-state index in [0.29, 0.717) is 6.54 Å². The zero-order valence-corrected chi connectivity index (χ0v) is 12.9. The number of ether oxygens (including phenoxy) is 1. The number of nitrogens with zero attached hydrogens (tertiary/aromatic N) is 2. The fraction of sp³-hybridized carbons (Fsp3) is 0.316. The number of benzene rings is 2. The van der Waals surface area contributed by atoms with Crippen molar-refractivity contribution in [1.29, 1.82) is 0 Å². The number of aliphatic hydroxyl groups excluding tert-OH is 1. The van der Waals surface area contributed by atoms with E-state index in [0.717, 1.165) is 41.9 Å². The quantitative estimate of drug-likeness (QED) is 0.801. The molecule has 0 saturated carbocycles. The number of rotatable bonds is 4. The van der Waals surface area contributed by atoms with Gasteiger partial charge in [-0.15, -0.1) is 0 Å². The van der Waals surface area contributed by atoms with Crippen molar-refractivity contribution in [3.63, 3.8) is 0 Å². The third-order valence-corrected chi connectivity index (χ3v) is 4.44. The highest BCUT2D eigenvalue weighted by molar-refractivity contribution is 5.76. The third-order valence-electron chi connectivity index (χ3n) is 4.44.